The lowest BCUT2D eigenvalue weighted by molar-refractivity contribution is 0.0289. The molecule has 0 aromatic rings. The van der Waals surface area contributed by atoms with E-state index in [9.17, 15) is 5.11 Å². The van der Waals surface area contributed by atoms with E-state index in [4.69, 9.17) is 4.74 Å². The van der Waals surface area contributed by atoms with Gasteiger partial charge in [0.25, 0.3) is 0 Å². The van der Waals surface area contributed by atoms with Gasteiger partial charge in [-0.3, -0.25) is 0 Å². The van der Waals surface area contributed by atoms with E-state index in [2.05, 4.69) is 5.32 Å². The predicted molar refractivity (Wildman–Crippen MR) is 38.9 cm³/mol. The Morgan fingerprint density at radius 3 is 3.10 bits per heavy atom. The fourth-order valence-corrected chi connectivity index (χ4v) is 1.29. The van der Waals surface area contributed by atoms with Crippen LogP contribution in [0.1, 0.15) is 6.42 Å². The Morgan fingerprint density at radius 1 is 1.70 bits per heavy atom. The second kappa shape index (κ2) is 3.91. The maximum Gasteiger partial charge on any atom is 0.0614 e. The van der Waals surface area contributed by atoms with Crippen LogP contribution in [0.2, 0.25) is 0 Å². The van der Waals surface area contributed by atoms with Gasteiger partial charge in [-0.2, -0.15) is 0 Å². The number of nitrogens with one attached hydrogen (secondary N) is 1. The maximum absolute atomic E-state index is 9.38. The van der Waals surface area contributed by atoms with Gasteiger partial charge >= 0.3 is 0 Å². The first-order valence-electron chi connectivity index (χ1n) is 3.72. The molecule has 0 unspecified atom stereocenters. The maximum atomic E-state index is 9.38. The molecule has 0 spiro atoms. The zero-order valence-electron chi connectivity index (χ0n) is 6.34. The molecule has 0 radical (unpaired) electrons. The first-order valence-corrected chi connectivity index (χ1v) is 3.72. The number of aliphatic hydroxyl groups excluding tert-OH is 1. The lowest BCUT2D eigenvalue weighted by atomic mass is 9.97. The molecular weight excluding hydrogens is 130 g/mol. The molecule has 1 saturated heterocycles. The second-order valence-corrected chi connectivity index (χ2v) is 2.78. The molecule has 1 heterocycles. The second-order valence-electron chi connectivity index (χ2n) is 2.78. The Balaban J connectivity index is 2.25. The van der Waals surface area contributed by atoms with E-state index in [0.29, 0.717) is 12.5 Å². The standard InChI is InChI=1S/C7H15NO2/c1-10-5-6-4-8-3-2-7(6)9/h6-9H,2-5H2,1H3/t6-,7-/m1/s1. The number of aliphatic hydroxyl groups is 1. The van der Waals surface area contributed by atoms with Crippen LogP contribution < -0.4 is 5.32 Å². The molecule has 0 bridgehead atoms. The molecule has 60 valence electrons. The zero-order valence-corrected chi connectivity index (χ0v) is 6.34. The predicted octanol–water partition coefficient (Wildman–Crippen LogP) is -0.397. The van der Waals surface area contributed by atoms with Gasteiger partial charge in [-0.15, -0.1) is 0 Å². The minimum absolute atomic E-state index is 0.166. The van der Waals surface area contributed by atoms with Crippen LogP contribution in [0.25, 0.3) is 0 Å². The van der Waals surface area contributed by atoms with Gasteiger partial charge in [-0.1, -0.05) is 0 Å². The van der Waals surface area contributed by atoms with Crippen molar-refractivity contribution in [3.8, 4) is 0 Å². The number of hydrogen-bond donors (Lipinski definition) is 2. The molecule has 0 aromatic carbocycles. The Bertz CT molecular complexity index is 95.6. The van der Waals surface area contributed by atoms with Crippen molar-refractivity contribution in [2.45, 2.75) is 12.5 Å². The Morgan fingerprint density at radius 2 is 2.50 bits per heavy atom. The number of rotatable bonds is 2. The van der Waals surface area contributed by atoms with Gasteiger partial charge in [0.05, 0.1) is 12.7 Å². The van der Waals surface area contributed by atoms with E-state index in [1.54, 1.807) is 7.11 Å². The first kappa shape index (κ1) is 7.98. The topological polar surface area (TPSA) is 41.5 Å². The summed E-state index contributed by atoms with van der Waals surface area (Å²) in [5.74, 6) is 0.291. The normalized spacial score (nSPS) is 34.2. The highest BCUT2D eigenvalue weighted by atomic mass is 16.5. The van der Waals surface area contributed by atoms with Crippen LogP contribution in [0.5, 0.6) is 0 Å². The van der Waals surface area contributed by atoms with E-state index in [0.717, 1.165) is 19.5 Å². The van der Waals surface area contributed by atoms with E-state index in [1.165, 1.54) is 0 Å². The summed E-state index contributed by atoms with van der Waals surface area (Å²) in [6.45, 7) is 2.48. The third-order valence-electron chi connectivity index (χ3n) is 1.95. The minimum Gasteiger partial charge on any atom is -0.393 e. The van der Waals surface area contributed by atoms with E-state index < -0.39 is 0 Å². The van der Waals surface area contributed by atoms with Crippen LogP contribution in [0, 0.1) is 5.92 Å². The van der Waals surface area contributed by atoms with Crippen molar-refractivity contribution in [1.82, 2.24) is 5.32 Å². The number of hydrogen-bond acceptors (Lipinski definition) is 3. The van der Waals surface area contributed by atoms with Crippen LogP contribution in [0.15, 0.2) is 0 Å². The molecule has 2 atom stereocenters. The summed E-state index contributed by atoms with van der Waals surface area (Å²) in [7, 11) is 1.67. The average Bonchev–Trinajstić information content (AvgIpc) is 1.94. The molecule has 0 aromatic heterocycles. The minimum atomic E-state index is -0.166. The van der Waals surface area contributed by atoms with E-state index in [1.807, 2.05) is 0 Å². The molecule has 1 aliphatic heterocycles. The van der Waals surface area contributed by atoms with Crippen molar-refractivity contribution in [1.29, 1.82) is 0 Å². The summed E-state index contributed by atoms with van der Waals surface area (Å²) in [5, 5.41) is 12.6. The van der Waals surface area contributed by atoms with Crippen LogP contribution >= 0.6 is 0 Å². The first-order chi connectivity index (χ1) is 4.84. The highest BCUT2D eigenvalue weighted by Gasteiger charge is 2.21. The lowest BCUT2D eigenvalue weighted by Crippen LogP contribution is -2.41. The Kier molecular flexibility index (Phi) is 3.12. The molecule has 10 heavy (non-hydrogen) atoms. The summed E-state index contributed by atoms with van der Waals surface area (Å²) in [6.07, 6.45) is 0.690. The van der Waals surface area contributed by atoms with Crippen molar-refractivity contribution in [2.75, 3.05) is 26.8 Å². The van der Waals surface area contributed by atoms with Gasteiger partial charge in [-0.25, -0.2) is 0 Å². The quantitative estimate of drug-likeness (QED) is 0.555. The summed E-state index contributed by atoms with van der Waals surface area (Å²) >= 11 is 0. The van der Waals surface area contributed by atoms with E-state index in [-0.39, 0.29) is 6.10 Å². The fraction of sp³-hybridized carbons (Fsp3) is 1.00. The highest BCUT2D eigenvalue weighted by Crippen LogP contribution is 2.10. The molecule has 1 aliphatic rings. The van der Waals surface area contributed by atoms with Crippen molar-refractivity contribution < 1.29 is 9.84 Å². The van der Waals surface area contributed by atoms with Crippen molar-refractivity contribution >= 4 is 0 Å². The fourth-order valence-electron chi connectivity index (χ4n) is 1.29. The summed E-state index contributed by atoms with van der Waals surface area (Å²) in [6, 6.07) is 0. The van der Waals surface area contributed by atoms with Crippen molar-refractivity contribution in [2.24, 2.45) is 5.92 Å². The molecule has 3 nitrogen and oxygen atoms in total. The Hall–Kier alpha value is -0.120. The van der Waals surface area contributed by atoms with Gasteiger partial charge in [-0.05, 0) is 13.0 Å². The highest BCUT2D eigenvalue weighted by molar-refractivity contribution is 4.76. The van der Waals surface area contributed by atoms with Crippen LogP contribution in [-0.2, 0) is 4.74 Å². The van der Waals surface area contributed by atoms with Crippen molar-refractivity contribution in [3.63, 3.8) is 0 Å². The summed E-state index contributed by atoms with van der Waals surface area (Å²) < 4.78 is 4.95. The summed E-state index contributed by atoms with van der Waals surface area (Å²) in [5.41, 5.74) is 0. The van der Waals surface area contributed by atoms with E-state index >= 15 is 0 Å². The SMILES string of the molecule is COC[C@H]1CNCC[C@H]1O. The van der Waals surface area contributed by atoms with Gasteiger partial charge in [0.1, 0.15) is 0 Å². The number of piperidine rings is 1. The lowest BCUT2D eigenvalue weighted by Gasteiger charge is -2.27. The number of methoxy groups -OCH3 is 1. The van der Waals surface area contributed by atoms with Gasteiger partial charge in [0.2, 0.25) is 0 Å². The monoisotopic (exact) mass is 145 g/mol. The average molecular weight is 145 g/mol. The van der Waals surface area contributed by atoms with Crippen LogP contribution in [-0.4, -0.2) is 38.0 Å². The third kappa shape index (κ3) is 1.94. The van der Waals surface area contributed by atoms with Gasteiger partial charge in [0, 0.05) is 19.6 Å². The summed E-state index contributed by atoms with van der Waals surface area (Å²) in [4.78, 5) is 0. The molecule has 0 amide bonds. The molecule has 2 N–H and O–H groups in total. The Labute approximate surface area is 61.4 Å². The molecule has 0 saturated carbocycles. The number of ether oxygens (including phenoxy) is 1. The third-order valence-corrected chi connectivity index (χ3v) is 1.95. The van der Waals surface area contributed by atoms with Crippen LogP contribution in [0.3, 0.4) is 0 Å². The van der Waals surface area contributed by atoms with Crippen LogP contribution in [0.4, 0.5) is 0 Å². The molecule has 3 heteroatoms. The van der Waals surface area contributed by atoms with Gasteiger partial charge < -0.3 is 15.2 Å². The molecule has 1 fully saturated rings. The van der Waals surface area contributed by atoms with Gasteiger partial charge in [0.15, 0.2) is 0 Å². The molecular formula is C7H15NO2. The zero-order chi connectivity index (χ0) is 7.40. The smallest absolute Gasteiger partial charge is 0.0614 e. The van der Waals surface area contributed by atoms with Crippen molar-refractivity contribution in [3.05, 3.63) is 0 Å². The molecule has 1 rings (SSSR count). The molecule has 0 aliphatic carbocycles. The largest absolute Gasteiger partial charge is 0.393 e.